The Balaban J connectivity index is 1.30. The summed E-state index contributed by atoms with van der Waals surface area (Å²) < 4.78 is 44.0. The Morgan fingerprint density at radius 3 is 2.48 bits per heavy atom. The predicted octanol–water partition coefficient (Wildman–Crippen LogP) is 5.13. The van der Waals surface area contributed by atoms with Gasteiger partial charge < -0.3 is 9.64 Å². The SMILES string of the molecule is O=C(C1CC1c1ccc(C(F)(F)F)cc1)N1CCCC(COc2ccccc2)C1. The maximum absolute atomic E-state index is 12.9. The second-order valence-corrected chi connectivity index (χ2v) is 7.99. The molecule has 1 saturated heterocycles. The first-order chi connectivity index (χ1) is 13.9. The van der Waals surface area contributed by atoms with Crippen LogP contribution in [0.3, 0.4) is 0 Å². The van der Waals surface area contributed by atoms with E-state index < -0.39 is 11.7 Å². The highest BCUT2D eigenvalue weighted by atomic mass is 19.4. The molecule has 1 aliphatic heterocycles. The first kappa shape index (κ1) is 19.8. The second kappa shape index (κ2) is 8.09. The van der Waals surface area contributed by atoms with Crippen LogP contribution in [-0.4, -0.2) is 30.5 Å². The van der Waals surface area contributed by atoms with E-state index in [1.165, 1.54) is 12.1 Å². The van der Waals surface area contributed by atoms with Crippen LogP contribution in [0.15, 0.2) is 54.6 Å². The van der Waals surface area contributed by atoms with Crippen molar-refractivity contribution < 1.29 is 22.7 Å². The third-order valence-corrected chi connectivity index (χ3v) is 5.83. The smallest absolute Gasteiger partial charge is 0.416 e. The molecule has 2 aromatic rings. The van der Waals surface area contributed by atoms with Gasteiger partial charge in [0.25, 0.3) is 0 Å². The molecule has 2 aliphatic rings. The van der Waals surface area contributed by atoms with Gasteiger partial charge in [-0.2, -0.15) is 13.2 Å². The summed E-state index contributed by atoms with van der Waals surface area (Å²) in [7, 11) is 0. The molecule has 1 heterocycles. The van der Waals surface area contributed by atoms with Gasteiger partial charge in [-0.15, -0.1) is 0 Å². The highest BCUT2D eigenvalue weighted by Gasteiger charge is 2.46. The second-order valence-electron chi connectivity index (χ2n) is 7.99. The van der Waals surface area contributed by atoms with Crippen LogP contribution in [-0.2, 0) is 11.0 Å². The van der Waals surface area contributed by atoms with E-state index in [1.807, 2.05) is 35.2 Å². The van der Waals surface area contributed by atoms with Crippen molar-refractivity contribution in [1.82, 2.24) is 4.90 Å². The molecule has 3 unspecified atom stereocenters. The fourth-order valence-corrected chi connectivity index (χ4v) is 4.12. The fourth-order valence-electron chi connectivity index (χ4n) is 4.12. The molecule has 1 amide bonds. The Kier molecular flexibility index (Phi) is 5.52. The molecule has 2 aromatic carbocycles. The minimum atomic E-state index is -4.33. The van der Waals surface area contributed by atoms with E-state index in [-0.39, 0.29) is 17.7 Å². The number of carbonyl (C=O) groups is 1. The van der Waals surface area contributed by atoms with E-state index >= 15 is 0 Å². The molecule has 3 atom stereocenters. The molecule has 29 heavy (non-hydrogen) atoms. The van der Waals surface area contributed by atoms with Crippen LogP contribution in [0.2, 0.25) is 0 Å². The van der Waals surface area contributed by atoms with Crippen molar-refractivity contribution in [2.75, 3.05) is 19.7 Å². The van der Waals surface area contributed by atoms with Crippen LogP contribution < -0.4 is 4.74 Å². The average Bonchev–Trinajstić information content (AvgIpc) is 3.53. The number of halogens is 3. The number of para-hydroxylation sites is 1. The highest BCUT2D eigenvalue weighted by molar-refractivity contribution is 5.83. The van der Waals surface area contributed by atoms with E-state index in [1.54, 1.807) is 0 Å². The third-order valence-electron chi connectivity index (χ3n) is 5.83. The largest absolute Gasteiger partial charge is 0.493 e. The zero-order valence-electron chi connectivity index (χ0n) is 16.1. The number of ether oxygens (including phenoxy) is 1. The van der Waals surface area contributed by atoms with Gasteiger partial charge in [-0.25, -0.2) is 0 Å². The molecule has 2 fully saturated rings. The minimum Gasteiger partial charge on any atom is -0.493 e. The molecule has 4 rings (SSSR count). The average molecular weight is 403 g/mol. The molecule has 0 bridgehead atoms. The number of piperidine rings is 1. The van der Waals surface area contributed by atoms with E-state index in [0.29, 0.717) is 25.5 Å². The number of benzene rings is 2. The lowest BCUT2D eigenvalue weighted by atomic mass is 9.98. The number of likely N-dealkylation sites (tertiary alicyclic amines) is 1. The maximum atomic E-state index is 12.9. The van der Waals surface area contributed by atoms with E-state index in [2.05, 4.69) is 0 Å². The monoisotopic (exact) mass is 403 g/mol. The van der Waals surface area contributed by atoms with Gasteiger partial charge in [0.05, 0.1) is 12.2 Å². The molecule has 0 aromatic heterocycles. The zero-order valence-corrected chi connectivity index (χ0v) is 16.1. The third kappa shape index (κ3) is 4.74. The fraction of sp³-hybridized carbons (Fsp3) is 0.435. The van der Waals surface area contributed by atoms with Crippen LogP contribution in [0.4, 0.5) is 13.2 Å². The molecule has 0 N–H and O–H groups in total. The molecule has 6 heteroatoms. The minimum absolute atomic E-state index is 0.0331. The number of hydrogen-bond acceptors (Lipinski definition) is 2. The Morgan fingerprint density at radius 1 is 1.07 bits per heavy atom. The molecule has 1 aliphatic carbocycles. The summed E-state index contributed by atoms with van der Waals surface area (Å²) in [4.78, 5) is 14.8. The lowest BCUT2D eigenvalue weighted by molar-refractivity contribution is -0.137. The Labute approximate surface area is 168 Å². The Morgan fingerprint density at radius 2 is 1.79 bits per heavy atom. The quantitative estimate of drug-likeness (QED) is 0.693. The molecule has 1 saturated carbocycles. The van der Waals surface area contributed by atoms with Crippen molar-refractivity contribution in [2.24, 2.45) is 11.8 Å². The number of rotatable bonds is 5. The van der Waals surface area contributed by atoms with Gasteiger partial charge in [0.2, 0.25) is 5.91 Å². The molecule has 154 valence electrons. The molecule has 3 nitrogen and oxygen atoms in total. The summed E-state index contributed by atoms with van der Waals surface area (Å²) >= 11 is 0. The van der Waals surface area contributed by atoms with E-state index in [9.17, 15) is 18.0 Å². The lowest BCUT2D eigenvalue weighted by Gasteiger charge is -2.33. The standard InChI is InChI=1S/C23H24F3NO2/c24-23(25,26)18-10-8-17(9-11-18)20-13-21(20)22(28)27-12-4-5-16(14-27)15-29-19-6-2-1-3-7-19/h1-3,6-11,16,20-21H,4-5,12-15H2. The van der Waals surface area contributed by atoms with Gasteiger partial charge in [0.15, 0.2) is 0 Å². The van der Waals surface area contributed by atoms with Gasteiger partial charge in [-0.1, -0.05) is 30.3 Å². The summed E-state index contributed by atoms with van der Waals surface area (Å²) in [5, 5.41) is 0. The Bertz CT molecular complexity index is 835. The van der Waals surface area contributed by atoms with Crippen molar-refractivity contribution in [3.05, 3.63) is 65.7 Å². The van der Waals surface area contributed by atoms with Gasteiger partial charge in [-0.3, -0.25) is 4.79 Å². The first-order valence-corrected chi connectivity index (χ1v) is 10.1. The zero-order chi connectivity index (χ0) is 20.4. The Hall–Kier alpha value is -2.50. The number of amides is 1. The van der Waals surface area contributed by atoms with Crippen LogP contribution >= 0.6 is 0 Å². The van der Waals surface area contributed by atoms with Crippen LogP contribution in [0.25, 0.3) is 0 Å². The van der Waals surface area contributed by atoms with Crippen molar-refractivity contribution in [3.63, 3.8) is 0 Å². The molecule has 0 spiro atoms. The summed E-state index contributed by atoms with van der Waals surface area (Å²) in [6.45, 7) is 2.01. The maximum Gasteiger partial charge on any atom is 0.416 e. The normalized spacial score (nSPS) is 24.2. The van der Waals surface area contributed by atoms with Crippen LogP contribution in [0.5, 0.6) is 5.75 Å². The van der Waals surface area contributed by atoms with Gasteiger partial charge >= 0.3 is 6.18 Å². The van der Waals surface area contributed by atoms with Gasteiger partial charge in [0, 0.05) is 24.9 Å². The topological polar surface area (TPSA) is 29.5 Å². The molecule has 0 radical (unpaired) electrons. The van der Waals surface area contributed by atoms with Crippen LogP contribution in [0, 0.1) is 11.8 Å². The van der Waals surface area contributed by atoms with Crippen molar-refractivity contribution in [2.45, 2.75) is 31.4 Å². The first-order valence-electron chi connectivity index (χ1n) is 10.1. The number of carbonyl (C=O) groups excluding carboxylic acids is 1. The number of hydrogen-bond donors (Lipinski definition) is 0. The highest BCUT2D eigenvalue weighted by Crippen LogP contribution is 2.49. The van der Waals surface area contributed by atoms with Crippen LogP contribution in [0.1, 0.15) is 36.3 Å². The number of nitrogens with zero attached hydrogens (tertiary/aromatic N) is 1. The van der Waals surface area contributed by atoms with E-state index in [0.717, 1.165) is 42.8 Å². The van der Waals surface area contributed by atoms with Crippen molar-refractivity contribution in [3.8, 4) is 5.75 Å². The summed E-state index contributed by atoms with van der Waals surface area (Å²) in [6.07, 6.45) is -1.64. The summed E-state index contributed by atoms with van der Waals surface area (Å²) in [5.41, 5.74) is 0.166. The lowest BCUT2D eigenvalue weighted by Crippen LogP contribution is -2.42. The summed E-state index contributed by atoms with van der Waals surface area (Å²) in [5.74, 6) is 1.18. The summed E-state index contributed by atoms with van der Waals surface area (Å²) in [6, 6.07) is 14.9. The van der Waals surface area contributed by atoms with Gasteiger partial charge in [-0.05, 0) is 55.0 Å². The molecular formula is C23H24F3NO2. The number of alkyl halides is 3. The molecular weight excluding hydrogens is 379 g/mol. The predicted molar refractivity (Wildman–Crippen MR) is 104 cm³/mol. The van der Waals surface area contributed by atoms with Crippen molar-refractivity contribution in [1.29, 1.82) is 0 Å². The van der Waals surface area contributed by atoms with E-state index in [4.69, 9.17) is 4.74 Å². The van der Waals surface area contributed by atoms with Crippen molar-refractivity contribution >= 4 is 5.91 Å². The van der Waals surface area contributed by atoms with Gasteiger partial charge in [0.1, 0.15) is 5.75 Å².